The lowest BCUT2D eigenvalue weighted by Crippen LogP contribution is -2.49. The van der Waals surface area contributed by atoms with Crippen LogP contribution in [0.1, 0.15) is 73.6 Å². The maximum atomic E-state index is 12.1. The van der Waals surface area contributed by atoms with E-state index in [2.05, 4.69) is 38.3 Å². The Morgan fingerprint density at radius 1 is 1.14 bits per heavy atom. The quantitative estimate of drug-likeness (QED) is 0.388. The van der Waals surface area contributed by atoms with E-state index in [0.717, 1.165) is 19.3 Å². The second-order valence-electron chi connectivity index (χ2n) is 9.11. The molecule has 1 fully saturated rings. The van der Waals surface area contributed by atoms with E-state index in [1.54, 1.807) is 0 Å². The highest BCUT2D eigenvalue weighted by Crippen LogP contribution is 2.45. The molecular weight excluding hydrogens is 310 g/mol. The Bertz CT molecular complexity index is 390. The fraction of sp³-hybridized carbons (Fsp3) is 0.941. The van der Waals surface area contributed by atoms with Crippen molar-refractivity contribution < 1.29 is 8.98 Å². The van der Waals surface area contributed by atoms with Crippen LogP contribution in [0, 0.1) is 0 Å². The third kappa shape index (κ3) is 5.36. The van der Waals surface area contributed by atoms with Crippen LogP contribution in [0.2, 0.25) is 18.1 Å². The number of hydrogen-bond donors (Lipinski definition) is 0. The zero-order valence-electron chi connectivity index (χ0n) is 15.8. The summed E-state index contributed by atoms with van der Waals surface area (Å²) in [7, 11) is -1.79. The topological polar surface area (TPSA) is 44.7 Å². The van der Waals surface area contributed by atoms with Crippen LogP contribution < -0.4 is 0 Å². The molecule has 0 aliphatic heterocycles. The van der Waals surface area contributed by atoms with Crippen LogP contribution in [0.4, 0.5) is 0 Å². The van der Waals surface area contributed by atoms with E-state index in [0.29, 0.717) is 0 Å². The van der Waals surface area contributed by atoms with E-state index >= 15 is 0 Å². The Morgan fingerprint density at radius 3 is 2.05 bits per heavy atom. The van der Waals surface area contributed by atoms with E-state index in [-0.39, 0.29) is 15.4 Å². The van der Waals surface area contributed by atoms with Crippen LogP contribution in [0.3, 0.4) is 0 Å². The second kappa shape index (κ2) is 6.95. The normalized spacial score (nSPS) is 21.5. The van der Waals surface area contributed by atoms with Gasteiger partial charge in [0.2, 0.25) is 0 Å². The molecule has 0 aromatic carbocycles. The molecule has 1 rings (SSSR count). The Labute approximate surface area is 141 Å². The lowest BCUT2D eigenvalue weighted by Gasteiger charge is -2.44. The molecule has 0 bridgehead atoms. The zero-order chi connectivity index (χ0) is 17.2. The van der Waals surface area contributed by atoms with Crippen molar-refractivity contribution in [1.82, 2.24) is 0 Å². The highest BCUT2D eigenvalue weighted by molar-refractivity contribution is 7.91. The summed E-state index contributed by atoms with van der Waals surface area (Å²) in [6, 6.07) is 0. The van der Waals surface area contributed by atoms with Gasteiger partial charge >= 0.3 is 0 Å². The summed E-state index contributed by atoms with van der Waals surface area (Å²) in [6.45, 7) is 17.3. The molecule has 0 heterocycles. The van der Waals surface area contributed by atoms with E-state index in [1.165, 1.54) is 12.8 Å². The molecule has 1 aliphatic carbocycles. The van der Waals surface area contributed by atoms with E-state index in [9.17, 15) is 4.55 Å². The highest BCUT2D eigenvalue weighted by Gasteiger charge is 2.45. The maximum absolute atomic E-state index is 12.1. The highest BCUT2D eigenvalue weighted by atomic mass is 32.2. The second-order valence-corrected chi connectivity index (χ2v) is 15.8. The SMILES string of the molecule is CC(C)(C)[S+]([O-])/N=C/CC1(O[Si](C)(C)C(C)(C)C)CCCC1. The van der Waals surface area contributed by atoms with E-state index < -0.39 is 19.7 Å². The molecule has 1 unspecified atom stereocenters. The Morgan fingerprint density at radius 2 is 1.64 bits per heavy atom. The summed E-state index contributed by atoms with van der Waals surface area (Å²) in [5, 5.41) is 0.216. The summed E-state index contributed by atoms with van der Waals surface area (Å²) >= 11 is -1.17. The van der Waals surface area contributed by atoms with E-state index in [4.69, 9.17) is 4.43 Å². The van der Waals surface area contributed by atoms with Crippen molar-refractivity contribution in [1.29, 1.82) is 0 Å². The van der Waals surface area contributed by atoms with Crippen molar-refractivity contribution in [3.8, 4) is 0 Å². The van der Waals surface area contributed by atoms with Crippen molar-refractivity contribution in [3.05, 3.63) is 0 Å². The molecular formula is C17H35NO2SSi. The predicted molar refractivity (Wildman–Crippen MR) is 100 cm³/mol. The van der Waals surface area contributed by atoms with Crippen LogP contribution in [-0.2, 0) is 15.8 Å². The van der Waals surface area contributed by atoms with Gasteiger partial charge in [0.25, 0.3) is 0 Å². The molecule has 0 spiro atoms. The smallest absolute Gasteiger partial charge is 0.192 e. The van der Waals surface area contributed by atoms with Gasteiger partial charge in [-0.1, -0.05) is 38.0 Å². The summed E-state index contributed by atoms with van der Waals surface area (Å²) < 4.78 is 22.8. The molecule has 1 atom stereocenters. The molecule has 3 nitrogen and oxygen atoms in total. The fourth-order valence-electron chi connectivity index (χ4n) is 2.49. The summed E-state index contributed by atoms with van der Waals surface area (Å²) in [6.07, 6.45) is 7.32. The molecule has 1 saturated carbocycles. The minimum absolute atomic E-state index is 0.0748. The molecule has 0 amide bonds. The molecule has 5 heteroatoms. The largest absolute Gasteiger partial charge is 0.591 e. The van der Waals surface area contributed by atoms with Gasteiger partial charge in [-0.25, -0.2) is 0 Å². The first-order valence-electron chi connectivity index (χ1n) is 8.44. The monoisotopic (exact) mass is 345 g/mol. The molecule has 0 aromatic rings. The van der Waals surface area contributed by atoms with Crippen LogP contribution in [0.15, 0.2) is 4.40 Å². The molecule has 0 saturated heterocycles. The summed E-state index contributed by atoms with van der Waals surface area (Å²) in [5.41, 5.74) is -0.0748. The number of hydrogen-bond acceptors (Lipinski definition) is 3. The van der Waals surface area contributed by atoms with Crippen molar-refractivity contribution in [2.24, 2.45) is 4.40 Å². The average molecular weight is 346 g/mol. The van der Waals surface area contributed by atoms with Crippen molar-refractivity contribution in [3.63, 3.8) is 0 Å². The first-order valence-corrected chi connectivity index (χ1v) is 12.5. The third-order valence-corrected chi connectivity index (χ3v) is 10.9. The van der Waals surface area contributed by atoms with Gasteiger partial charge < -0.3 is 8.98 Å². The lowest BCUT2D eigenvalue weighted by atomic mass is 9.99. The predicted octanol–water partition coefficient (Wildman–Crippen LogP) is 5.24. The van der Waals surface area contributed by atoms with Crippen LogP contribution in [0.25, 0.3) is 0 Å². The summed E-state index contributed by atoms with van der Waals surface area (Å²) in [4.78, 5) is 0. The van der Waals surface area contributed by atoms with E-state index in [1.807, 2.05) is 27.0 Å². The zero-order valence-corrected chi connectivity index (χ0v) is 17.6. The minimum atomic E-state index is -1.79. The van der Waals surface area contributed by atoms with Gasteiger partial charge in [0, 0.05) is 6.42 Å². The fourth-order valence-corrected chi connectivity index (χ4v) is 4.69. The molecule has 0 radical (unpaired) electrons. The van der Waals surface area contributed by atoms with Crippen LogP contribution in [0.5, 0.6) is 0 Å². The molecule has 0 N–H and O–H groups in total. The van der Waals surface area contributed by atoms with Gasteiger partial charge in [0.15, 0.2) is 8.32 Å². The molecule has 0 aromatic heterocycles. The number of nitrogens with zero attached hydrogens (tertiary/aromatic N) is 1. The number of rotatable bonds is 5. The van der Waals surface area contributed by atoms with Gasteiger partial charge in [-0.05, 0) is 51.7 Å². The van der Waals surface area contributed by atoms with Crippen molar-refractivity contribution in [2.75, 3.05) is 0 Å². The maximum Gasteiger partial charge on any atom is 0.192 e. The Balaban J connectivity index is 2.79. The molecule has 130 valence electrons. The van der Waals surface area contributed by atoms with Gasteiger partial charge in [-0.15, -0.1) is 0 Å². The lowest BCUT2D eigenvalue weighted by molar-refractivity contribution is 0.0685. The van der Waals surface area contributed by atoms with Gasteiger partial charge in [-0.2, -0.15) is 0 Å². The Kier molecular flexibility index (Phi) is 6.39. The standard InChI is InChI=1S/C17H35NO2SSi/c1-15(2,3)21(19)18-14-13-17(11-9-10-12-17)20-22(7,8)16(4,5)6/h14H,9-13H2,1-8H3/b18-14+. The van der Waals surface area contributed by atoms with Crippen molar-refractivity contribution in [2.45, 2.75) is 102 Å². The van der Waals surface area contributed by atoms with Gasteiger partial charge in [-0.3, -0.25) is 0 Å². The average Bonchev–Trinajstić information content (AvgIpc) is 2.74. The first kappa shape index (κ1) is 20.2. The van der Waals surface area contributed by atoms with Crippen molar-refractivity contribution >= 4 is 25.9 Å². The first-order chi connectivity index (χ1) is 9.79. The molecule has 22 heavy (non-hydrogen) atoms. The molecule has 1 aliphatic rings. The third-order valence-electron chi connectivity index (χ3n) is 4.95. The van der Waals surface area contributed by atoms with Gasteiger partial charge in [0.1, 0.15) is 16.1 Å². The summed E-state index contributed by atoms with van der Waals surface area (Å²) in [5.74, 6) is 0. The minimum Gasteiger partial charge on any atom is -0.591 e. The van der Waals surface area contributed by atoms with Crippen LogP contribution >= 0.6 is 0 Å². The Hall–Kier alpha value is 0.157. The van der Waals surface area contributed by atoms with Crippen LogP contribution in [-0.4, -0.2) is 29.4 Å². The van der Waals surface area contributed by atoms with Gasteiger partial charge in [0.05, 0.1) is 11.8 Å².